The highest BCUT2D eigenvalue weighted by atomic mass is 32.3. The summed E-state index contributed by atoms with van der Waals surface area (Å²) >= 11 is 0. The zero-order valence-electron chi connectivity index (χ0n) is 21.0. The summed E-state index contributed by atoms with van der Waals surface area (Å²) in [6.07, 6.45) is 2.39. The second-order valence-corrected chi connectivity index (χ2v) is 17.2. The summed E-state index contributed by atoms with van der Waals surface area (Å²) in [5.74, 6) is 0. The maximum Gasteiger partial charge on any atom is 0.225 e. The van der Waals surface area contributed by atoms with Crippen LogP contribution in [0.3, 0.4) is 0 Å². The number of rotatable bonds is 8. The molecular weight excluding hydrogens is 434 g/mol. The predicted molar refractivity (Wildman–Crippen MR) is 128 cm³/mol. The Bertz CT molecular complexity index is 448. The summed E-state index contributed by atoms with van der Waals surface area (Å²) in [6.45, 7) is 4.52. The highest BCUT2D eigenvalue weighted by Gasteiger charge is 2.46. The third-order valence-corrected chi connectivity index (χ3v) is 14.1. The van der Waals surface area contributed by atoms with Crippen LogP contribution in [0.4, 0.5) is 0 Å². The van der Waals surface area contributed by atoms with E-state index in [1.54, 1.807) is 0 Å². The lowest BCUT2D eigenvalue weighted by atomic mass is 11.0. The average molecular weight is 481 g/mol. The number of hydrogen-bond donors (Lipinski definition) is 0. The lowest BCUT2D eigenvalue weighted by Gasteiger charge is -2.39. The Balaban J connectivity index is -0.000000380. The first-order valence-corrected chi connectivity index (χ1v) is 14.3. The summed E-state index contributed by atoms with van der Waals surface area (Å²) in [5, 5.41) is 0. The van der Waals surface area contributed by atoms with Gasteiger partial charge in [0.15, 0.2) is 0 Å². The molecular formula is C16H46N6O4P2S. The van der Waals surface area contributed by atoms with Gasteiger partial charge < -0.3 is 9.11 Å². The number of hydrogen-bond acceptors (Lipinski definition) is 10. The molecule has 0 fully saturated rings. The molecule has 0 aromatic carbocycles. The van der Waals surface area contributed by atoms with E-state index in [0.29, 0.717) is 0 Å². The fraction of sp³-hybridized carbons (Fsp3) is 1.00. The minimum atomic E-state index is -5.17. The molecule has 0 radical (unpaired) electrons. The largest absolute Gasteiger partial charge is 0.759 e. The second-order valence-electron chi connectivity index (χ2n) is 7.51. The normalized spacial score (nSPS) is 13.2. The van der Waals surface area contributed by atoms with Crippen LogP contribution in [0, 0.1) is 0 Å². The molecule has 10 nitrogen and oxygen atoms in total. The van der Waals surface area contributed by atoms with Crippen molar-refractivity contribution >= 4 is 25.8 Å². The van der Waals surface area contributed by atoms with Gasteiger partial charge in [-0.1, -0.05) is 0 Å². The van der Waals surface area contributed by atoms with E-state index in [4.69, 9.17) is 17.5 Å². The van der Waals surface area contributed by atoms with Gasteiger partial charge in [0.1, 0.15) is 12.3 Å². The standard InChI is InChI=1S/2C8H23N3P.H2O4S/c2*1-8-12(9(2)3,10(4)5)11(6)7;1-5(2,3)4/h2*8H2,1-7H3;(H2,1,2,3,4)/q2*+1;/p-2. The molecule has 13 heteroatoms. The average Bonchev–Trinajstić information content (AvgIpc) is 2.45. The van der Waals surface area contributed by atoms with Crippen molar-refractivity contribution in [1.82, 2.24) is 28.0 Å². The molecule has 0 amide bonds. The Kier molecular flexibility index (Phi) is 17.1. The predicted octanol–water partition coefficient (Wildman–Crippen LogP) is 1.57. The van der Waals surface area contributed by atoms with Gasteiger partial charge in [-0.25, -0.2) is 0 Å². The fourth-order valence-electron chi connectivity index (χ4n) is 3.84. The van der Waals surface area contributed by atoms with Crippen molar-refractivity contribution in [3.8, 4) is 0 Å². The van der Waals surface area contributed by atoms with E-state index in [9.17, 15) is 0 Å². The van der Waals surface area contributed by atoms with Gasteiger partial charge in [-0.3, -0.25) is 8.42 Å². The summed E-state index contributed by atoms with van der Waals surface area (Å²) < 4.78 is 48.2. The molecule has 0 N–H and O–H groups in total. The molecule has 0 aliphatic rings. The first kappa shape index (κ1) is 34.1. The Hall–Kier alpha value is 0.490. The van der Waals surface area contributed by atoms with Crippen LogP contribution in [-0.2, 0) is 10.4 Å². The van der Waals surface area contributed by atoms with Crippen LogP contribution in [0.15, 0.2) is 0 Å². The summed E-state index contributed by atoms with van der Waals surface area (Å²) in [5.41, 5.74) is 0. The molecule has 0 saturated heterocycles. The van der Waals surface area contributed by atoms with Crippen LogP contribution in [0.25, 0.3) is 0 Å². The molecule has 0 aliphatic heterocycles. The molecule has 0 heterocycles. The first-order valence-electron chi connectivity index (χ1n) is 9.28. The van der Waals surface area contributed by atoms with E-state index in [-0.39, 0.29) is 0 Å². The highest BCUT2D eigenvalue weighted by molar-refractivity contribution is 7.79. The molecule has 29 heavy (non-hydrogen) atoms. The van der Waals surface area contributed by atoms with E-state index >= 15 is 0 Å². The molecule has 0 saturated carbocycles. The van der Waals surface area contributed by atoms with Gasteiger partial charge in [0.05, 0.1) is 0 Å². The molecule has 0 unspecified atom stereocenters. The van der Waals surface area contributed by atoms with Gasteiger partial charge in [0, 0.05) is 95.0 Å². The molecule has 180 valence electrons. The Morgan fingerprint density at radius 3 is 0.621 bits per heavy atom. The Morgan fingerprint density at radius 2 is 0.621 bits per heavy atom. The van der Waals surface area contributed by atoms with E-state index in [2.05, 4.69) is 126 Å². The van der Waals surface area contributed by atoms with Gasteiger partial charge in [-0.05, 0) is 13.8 Å². The van der Waals surface area contributed by atoms with Crippen molar-refractivity contribution in [3.63, 3.8) is 0 Å². The minimum Gasteiger partial charge on any atom is -0.759 e. The summed E-state index contributed by atoms with van der Waals surface area (Å²) in [4.78, 5) is 0. The lowest BCUT2D eigenvalue weighted by molar-refractivity contribution is 0.352. The van der Waals surface area contributed by atoms with Crippen molar-refractivity contribution in [3.05, 3.63) is 0 Å². The molecule has 0 spiro atoms. The Labute approximate surface area is 182 Å². The monoisotopic (exact) mass is 480 g/mol. The lowest BCUT2D eigenvalue weighted by Crippen LogP contribution is -2.37. The van der Waals surface area contributed by atoms with E-state index < -0.39 is 25.8 Å². The summed E-state index contributed by atoms with van der Waals surface area (Å²) in [7, 11) is 18.4. The van der Waals surface area contributed by atoms with E-state index in [1.165, 1.54) is 12.3 Å². The van der Waals surface area contributed by atoms with Crippen molar-refractivity contribution in [1.29, 1.82) is 0 Å². The van der Waals surface area contributed by atoms with Crippen LogP contribution in [-0.4, -0.2) is 142 Å². The Morgan fingerprint density at radius 1 is 0.517 bits per heavy atom. The quantitative estimate of drug-likeness (QED) is 0.289. The maximum atomic E-state index is 8.52. The third kappa shape index (κ3) is 11.1. The first-order chi connectivity index (χ1) is 12.8. The molecule has 0 bridgehead atoms. The van der Waals surface area contributed by atoms with Crippen LogP contribution in [0.5, 0.6) is 0 Å². The van der Waals surface area contributed by atoms with Crippen molar-refractivity contribution in [2.75, 3.05) is 96.9 Å². The van der Waals surface area contributed by atoms with Crippen LogP contribution in [0.1, 0.15) is 13.8 Å². The van der Waals surface area contributed by atoms with Gasteiger partial charge in [0.2, 0.25) is 15.4 Å². The van der Waals surface area contributed by atoms with Crippen molar-refractivity contribution in [2.24, 2.45) is 0 Å². The minimum absolute atomic E-state index is 1.19. The smallest absolute Gasteiger partial charge is 0.225 e. The summed E-state index contributed by atoms with van der Waals surface area (Å²) in [6, 6.07) is 0. The third-order valence-electron chi connectivity index (χ3n) is 4.69. The molecule has 0 atom stereocenters. The second kappa shape index (κ2) is 14.5. The zero-order chi connectivity index (χ0) is 24.4. The number of nitrogens with zero attached hydrogens (tertiary/aromatic N) is 6. The van der Waals surface area contributed by atoms with Crippen LogP contribution in [0.2, 0.25) is 0 Å². The molecule has 0 aromatic heterocycles. The van der Waals surface area contributed by atoms with Crippen molar-refractivity contribution in [2.45, 2.75) is 13.8 Å². The van der Waals surface area contributed by atoms with Gasteiger partial charge in [0.25, 0.3) is 0 Å². The van der Waals surface area contributed by atoms with E-state index in [0.717, 1.165) is 0 Å². The fourth-order valence-corrected chi connectivity index (χ4v) is 11.5. The molecule has 0 aliphatic carbocycles. The molecule has 0 rings (SSSR count). The SMILES string of the molecule is CC[P+](N(C)C)(N(C)C)N(C)C.CC[P+](N(C)C)(N(C)C)N(C)C.O=S(=O)([O-])[O-]. The highest BCUT2D eigenvalue weighted by Crippen LogP contribution is 2.63. The van der Waals surface area contributed by atoms with Crippen molar-refractivity contribution < 1.29 is 17.5 Å². The topological polar surface area (TPSA) is 99.7 Å². The molecule has 0 aromatic rings. The maximum absolute atomic E-state index is 8.52. The van der Waals surface area contributed by atoms with Crippen LogP contribution >= 0.6 is 15.4 Å². The van der Waals surface area contributed by atoms with Crippen LogP contribution < -0.4 is 0 Å². The van der Waals surface area contributed by atoms with E-state index in [1.807, 2.05) is 0 Å². The van der Waals surface area contributed by atoms with Gasteiger partial charge in [-0.2, -0.15) is 28.0 Å². The zero-order valence-corrected chi connectivity index (χ0v) is 23.6. The van der Waals surface area contributed by atoms with Gasteiger partial charge >= 0.3 is 0 Å². The van der Waals surface area contributed by atoms with Gasteiger partial charge in [-0.15, -0.1) is 0 Å².